The summed E-state index contributed by atoms with van der Waals surface area (Å²) in [5.41, 5.74) is 0. The molecule has 0 heterocycles. The van der Waals surface area contributed by atoms with Gasteiger partial charge < -0.3 is 9.90 Å². The van der Waals surface area contributed by atoms with Gasteiger partial charge in [-0.05, 0) is 0 Å². The van der Waals surface area contributed by atoms with Gasteiger partial charge in [-0.1, -0.05) is 0 Å². The van der Waals surface area contributed by atoms with E-state index < -0.39 is 0 Å². The van der Waals surface area contributed by atoms with Gasteiger partial charge in [-0.15, -0.1) is 0 Å². The van der Waals surface area contributed by atoms with Gasteiger partial charge in [0.25, 0.3) is 0 Å². The molecular formula is C3H7O2Y-. The van der Waals surface area contributed by atoms with E-state index in [1.165, 1.54) is 13.2 Å². The van der Waals surface area contributed by atoms with E-state index in [0.717, 1.165) is 7.11 Å². The summed E-state index contributed by atoms with van der Waals surface area (Å²) < 4.78 is 0. The quantitative estimate of drug-likeness (QED) is 0.500. The van der Waals surface area contributed by atoms with Crippen LogP contribution in [-0.2, 0) is 37.5 Å². The van der Waals surface area contributed by atoms with Crippen molar-refractivity contribution in [3.8, 4) is 0 Å². The molecule has 0 fully saturated rings. The van der Waals surface area contributed by atoms with Crippen LogP contribution >= 0.6 is 0 Å². The number of rotatable bonds is 0. The number of hydrogen-bond acceptors (Lipinski definition) is 2. The first-order valence-electron chi connectivity index (χ1n) is 1.15. The van der Waals surface area contributed by atoms with Crippen LogP contribution in [0.15, 0.2) is 0 Å². The minimum Gasteiger partial charge on any atom is -0.542 e. The fraction of sp³-hybridized carbons (Fsp3) is 0.667. The summed E-state index contributed by atoms with van der Waals surface area (Å²) in [6.45, 7) is 1.32. The summed E-state index contributed by atoms with van der Waals surface area (Å²) in [6, 6.07) is 0. The Morgan fingerprint density at radius 2 is 1.50 bits per heavy atom. The minimum atomic E-state index is 0. The first kappa shape index (κ1) is 15.9. The van der Waals surface area contributed by atoms with Crippen LogP contribution in [0.5, 0.6) is 0 Å². The van der Waals surface area contributed by atoms with Crippen molar-refractivity contribution in [3.05, 3.63) is 0 Å². The van der Waals surface area contributed by atoms with Crippen LogP contribution < -0.4 is 0 Å². The van der Waals surface area contributed by atoms with Crippen LogP contribution in [0.25, 0.3) is 0 Å². The fourth-order valence-electron chi connectivity index (χ4n) is 0. The summed E-state index contributed by atoms with van der Waals surface area (Å²) in [6.07, 6.45) is 1.50. The van der Waals surface area contributed by atoms with Crippen molar-refractivity contribution in [2.75, 3.05) is 7.11 Å². The summed E-state index contributed by atoms with van der Waals surface area (Å²) in [5, 5.41) is 7.00. The molecule has 2 nitrogen and oxygen atoms in total. The Morgan fingerprint density at radius 3 is 1.50 bits per heavy atom. The summed E-state index contributed by atoms with van der Waals surface area (Å²) in [4.78, 5) is 8.68. The molecule has 0 aromatic carbocycles. The van der Waals surface area contributed by atoms with Crippen LogP contribution in [0.2, 0.25) is 0 Å². The van der Waals surface area contributed by atoms with Crippen LogP contribution in [0.3, 0.4) is 0 Å². The normalized spacial score (nSPS) is 3.17. The van der Waals surface area contributed by atoms with Crippen molar-refractivity contribution >= 4 is 6.29 Å². The Balaban J connectivity index is -0.0000000275. The summed E-state index contributed by atoms with van der Waals surface area (Å²) >= 11 is 0. The largest absolute Gasteiger partial charge is 0.542 e. The van der Waals surface area contributed by atoms with Gasteiger partial charge in [0.15, 0.2) is 0 Å². The summed E-state index contributed by atoms with van der Waals surface area (Å²) in [7, 11) is 1.00. The Kier molecular flexibility index (Phi) is 113. The average molecular weight is 164 g/mol. The fourth-order valence-corrected chi connectivity index (χ4v) is 0. The number of carbonyl (C=O) groups excluding carboxylic acids is 1. The molecule has 0 aromatic heterocycles. The molecule has 0 aliphatic rings. The molecule has 0 aliphatic heterocycles. The van der Waals surface area contributed by atoms with Crippen LogP contribution in [-0.4, -0.2) is 18.5 Å². The molecule has 0 unspecified atom stereocenters. The van der Waals surface area contributed by atoms with Crippen LogP contribution in [0.4, 0.5) is 0 Å². The second kappa shape index (κ2) is 42.7. The zero-order valence-electron chi connectivity index (χ0n) is 3.93. The van der Waals surface area contributed by atoms with Crippen LogP contribution in [0.1, 0.15) is 6.92 Å². The predicted octanol–water partition coefficient (Wildman–Crippen LogP) is -0.278. The molecule has 0 bridgehead atoms. The second-order valence-electron chi connectivity index (χ2n) is 0.204. The molecule has 0 amide bonds. The Morgan fingerprint density at radius 1 is 1.50 bits per heavy atom. The summed E-state index contributed by atoms with van der Waals surface area (Å²) in [5.74, 6) is 0. The van der Waals surface area contributed by atoms with Gasteiger partial charge in [0.2, 0.25) is 0 Å². The molecule has 1 radical (unpaired) electrons. The van der Waals surface area contributed by atoms with Crippen molar-refractivity contribution in [1.29, 1.82) is 0 Å². The molecule has 6 heavy (non-hydrogen) atoms. The molecule has 0 spiro atoms. The van der Waals surface area contributed by atoms with E-state index in [0.29, 0.717) is 0 Å². The number of hydrogen-bond donors (Lipinski definition) is 1. The van der Waals surface area contributed by atoms with E-state index in [1.807, 2.05) is 0 Å². The SMILES string of the molecule is CO.C[C-]=O.[Y]. The molecular weight excluding hydrogens is 157 g/mol. The van der Waals surface area contributed by atoms with Gasteiger partial charge in [-0.25, -0.2) is 0 Å². The topological polar surface area (TPSA) is 37.3 Å². The zero-order valence-corrected chi connectivity index (χ0v) is 6.77. The molecule has 3 heteroatoms. The van der Waals surface area contributed by atoms with Gasteiger partial charge in [0.1, 0.15) is 0 Å². The van der Waals surface area contributed by atoms with Gasteiger partial charge in [-0.2, -0.15) is 6.92 Å². The third-order valence-electron chi connectivity index (χ3n) is 0. The molecule has 0 aliphatic carbocycles. The molecule has 0 saturated carbocycles. The maximum absolute atomic E-state index is 8.68. The Hall–Kier alpha value is 0.734. The molecule has 35 valence electrons. The Labute approximate surface area is 62.8 Å². The maximum atomic E-state index is 8.68. The monoisotopic (exact) mass is 164 g/mol. The molecule has 0 saturated heterocycles. The Bertz CT molecular complexity index is 16.3. The smallest absolute Gasteiger partial charge is 0.0319 e. The van der Waals surface area contributed by atoms with Crippen molar-refractivity contribution in [2.24, 2.45) is 0 Å². The first-order chi connectivity index (χ1) is 2.41. The van der Waals surface area contributed by atoms with Gasteiger partial charge >= 0.3 is 0 Å². The standard InChI is InChI=1S/C2H3O.CH4O.Y/c1-2-3;1-2;/h1H3;2H,1H3;/q-1;;. The minimum absolute atomic E-state index is 0. The predicted molar refractivity (Wildman–Crippen MR) is 19.5 cm³/mol. The van der Waals surface area contributed by atoms with E-state index in [2.05, 4.69) is 0 Å². The molecule has 0 atom stereocenters. The average Bonchev–Trinajstić information content (AvgIpc) is 1.46. The van der Waals surface area contributed by atoms with Gasteiger partial charge in [0.05, 0.1) is 0 Å². The van der Waals surface area contributed by atoms with E-state index in [9.17, 15) is 0 Å². The van der Waals surface area contributed by atoms with Crippen molar-refractivity contribution in [1.82, 2.24) is 0 Å². The van der Waals surface area contributed by atoms with Crippen LogP contribution in [0, 0.1) is 0 Å². The molecule has 0 rings (SSSR count). The molecule has 0 aromatic rings. The van der Waals surface area contributed by atoms with Gasteiger partial charge in [-0.3, -0.25) is 6.29 Å². The number of aliphatic hydroxyl groups excluding tert-OH is 1. The second-order valence-corrected chi connectivity index (χ2v) is 0.204. The maximum Gasteiger partial charge on any atom is 0.0319 e. The third-order valence-corrected chi connectivity index (χ3v) is 0. The van der Waals surface area contributed by atoms with E-state index in [-0.39, 0.29) is 32.7 Å². The molecule has 1 N–H and O–H groups in total. The van der Waals surface area contributed by atoms with Crippen molar-refractivity contribution in [3.63, 3.8) is 0 Å². The zero-order chi connectivity index (χ0) is 4.71. The third kappa shape index (κ3) is 123. The van der Waals surface area contributed by atoms with E-state index in [4.69, 9.17) is 9.90 Å². The van der Waals surface area contributed by atoms with Gasteiger partial charge in [0, 0.05) is 39.8 Å². The number of aliphatic hydroxyl groups is 1. The first-order valence-corrected chi connectivity index (χ1v) is 1.15. The van der Waals surface area contributed by atoms with Crippen molar-refractivity contribution < 1.29 is 42.6 Å². The van der Waals surface area contributed by atoms with E-state index >= 15 is 0 Å². The van der Waals surface area contributed by atoms with Crippen molar-refractivity contribution in [2.45, 2.75) is 6.92 Å². The van der Waals surface area contributed by atoms with E-state index in [1.54, 1.807) is 0 Å².